The molecule has 1 heteroatoms. The normalized spacial score (nSPS) is 14.9. The second-order valence-electron chi connectivity index (χ2n) is 3.40. The molecule has 0 rings (SSSR count). The first-order chi connectivity index (χ1) is 5.48. The first-order valence-corrected chi connectivity index (χ1v) is 4.27. The van der Waals surface area contributed by atoms with Gasteiger partial charge in [0.1, 0.15) is 5.78 Å². The van der Waals surface area contributed by atoms with Crippen LogP contribution in [0.5, 0.6) is 0 Å². The van der Waals surface area contributed by atoms with Crippen LogP contribution in [0.25, 0.3) is 0 Å². The van der Waals surface area contributed by atoms with Gasteiger partial charge in [-0.15, -0.1) is 13.2 Å². The molecule has 1 unspecified atom stereocenters. The lowest BCUT2D eigenvalue weighted by atomic mass is 9.76. The van der Waals surface area contributed by atoms with Crippen LogP contribution < -0.4 is 0 Å². The highest BCUT2D eigenvalue weighted by Gasteiger charge is 2.29. The first kappa shape index (κ1) is 11.2. The summed E-state index contributed by atoms with van der Waals surface area (Å²) in [5.74, 6) is 0.183. The Labute approximate surface area is 75.2 Å². The van der Waals surface area contributed by atoms with Crippen LogP contribution in [-0.4, -0.2) is 5.78 Å². The summed E-state index contributed by atoms with van der Waals surface area (Å²) in [4.78, 5) is 11.4. The Morgan fingerprint density at radius 1 is 1.50 bits per heavy atom. The zero-order valence-electron chi connectivity index (χ0n) is 8.31. The molecule has 0 radical (unpaired) electrons. The van der Waals surface area contributed by atoms with Crippen molar-refractivity contribution in [2.75, 3.05) is 0 Å². The molecule has 0 aromatic heterocycles. The van der Waals surface area contributed by atoms with Crippen LogP contribution in [0.15, 0.2) is 24.8 Å². The molecule has 0 fully saturated rings. The van der Waals surface area contributed by atoms with Crippen molar-refractivity contribution in [3.63, 3.8) is 0 Å². The molecule has 0 N–H and O–H groups in total. The van der Waals surface area contributed by atoms with Crippen LogP contribution in [0.3, 0.4) is 0 Å². The van der Waals surface area contributed by atoms with E-state index in [9.17, 15) is 4.79 Å². The Bertz CT molecular complexity index is 203. The quantitative estimate of drug-likeness (QED) is 0.573. The highest BCUT2D eigenvalue weighted by molar-refractivity contribution is 5.84. The minimum atomic E-state index is -0.369. The second-order valence-corrected chi connectivity index (χ2v) is 3.40. The minimum absolute atomic E-state index is 0.183. The third kappa shape index (κ3) is 2.33. The molecule has 12 heavy (non-hydrogen) atoms. The van der Waals surface area contributed by atoms with E-state index in [-0.39, 0.29) is 11.2 Å². The fourth-order valence-electron chi connectivity index (χ4n) is 1.40. The summed E-state index contributed by atoms with van der Waals surface area (Å²) in [6.45, 7) is 13.1. The molecular formula is C11H18O. The Morgan fingerprint density at radius 3 is 2.08 bits per heavy atom. The maximum absolute atomic E-state index is 11.4. The Balaban J connectivity index is 4.69. The smallest absolute Gasteiger partial charge is 0.140 e. The monoisotopic (exact) mass is 166 g/mol. The van der Waals surface area contributed by atoms with Gasteiger partial charge in [0.05, 0.1) is 0 Å². The standard InChI is InChI=1S/C11H18O/c1-6-11(7-2,10(5)12)8-9(3)4/h6H,1,3,7-8H2,2,4-5H3. The van der Waals surface area contributed by atoms with Crippen molar-refractivity contribution in [2.45, 2.75) is 33.6 Å². The number of allylic oxidation sites excluding steroid dienone is 2. The Hall–Kier alpha value is -0.850. The molecule has 0 bridgehead atoms. The van der Waals surface area contributed by atoms with Gasteiger partial charge in [-0.2, -0.15) is 0 Å². The predicted molar refractivity (Wildman–Crippen MR) is 53.0 cm³/mol. The summed E-state index contributed by atoms with van der Waals surface area (Å²) in [7, 11) is 0. The van der Waals surface area contributed by atoms with E-state index in [2.05, 4.69) is 13.2 Å². The van der Waals surface area contributed by atoms with E-state index in [1.165, 1.54) is 0 Å². The van der Waals surface area contributed by atoms with E-state index in [1.807, 2.05) is 13.8 Å². The highest BCUT2D eigenvalue weighted by atomic mass is 16.1. The molecule has 0 heterocycles. The molecule has 0 aliphatic rings. The van der Waals surface area contributed by atoms with Gasteiger partial charge in [0.15, 0.2) is 0 Å². The third-order valence-electron chi connectivity index (χ3n) is 2.34. The predicted octanol–water partition coefficient (Wildman–Crippen LogP) is 3.12. The lowest BCUT2D eigenvalue weighted by Gasteiger charge is -2.26. The molecular weight excluding hydrogens is 148 g/mol. The van der Waals surface area contributed by atoms with Crippen molar-refractivity contribution in [1.82, 2.24) is 0 Å². The molecule has 68 valence electrons. The second kappa shape index (κ2) is 4.24. The molecule has 0 aliphatic carbocycles. The van der Waals surface area contributed by atoms with Gasteiger partial charge in [0.2, 0.25) is 0 Å². The van der Waals surface area contributed by atoms with Gasteiger partial charge in [-0.1, -0.05) is 18.6 Å². The lowest BCUT2D eigenvalue weighted by Crippen LogP contribution is -2.26. The van der Waals surface area contributed by atoms with Gasteiger partial charge >= 0.3 is 0 Å². The summed E-state index contributed by atoms with van der Waals surface area (Å²) >= 11 is 0. The summed E-state index contributed by atoms with van der Waals surface area (Å²) in [5, 5.41) is 0. The number of hydrogen-bond acceptors (Lipinski definition) is 1. The van der Waals surface area contributed by atoms with E-state index in [0.717, 1.165) is 18.4 Å². The molecule has 0 aromatic rings. The maximum Gasteiger partial charge on any atom is 0.140 e. The summed E-state index contributed by atoms with van der Waals surface area (Å²) < 4.78 is 0. The van der Waals surface area contributed by atoms with E-state index >= 15 is 0 Å². The molecule has 0 aromatic carbocycles. The van der Waals surface area contributed by atoms with Crippen LogP contribution in [-0.2, 0) is 4.79 Å². The Kier molecular flexibility index (Phi) is 3.94. The average molecular weight is 166 g/mol. The maximum atomic E-state index is 11.4. The molecule has 0 saturated heterocycles. The van der Waals surface area contributed by atoms with Gasteiger partial charge in [-0.3, -0.25) is 4.79 Å². The largest absolute Gasteiger partial charge is 0.299 e. The summed E-state index contributed by atoms with van der Waals surface area (Å²) in [6, 6.07) is 0. The van der Waals surface area contributed by atoms with Gasteiger partial charge in [0.25, 0.3) is 0 Å². The number of hydrogen-bond donors (Lipinski definition) is 0. The van der Waals surface area contributed by atoms with Crippen LogP contribution >= 0.6 is 0 Å². The van der Waals surface area contributed by atoms with Gasteiger partial charge in [0, 0.05) is 5.41 Å². The minimum Gasteiger partial charge on any atom is -0.299 e. The van der Waals surface area contributed by atoms with Crippen molar-refractivity contribution < 1.29 is 4.79 Å². The zero-order valence-corrected chi connectivity index (χ0v) is 8.31. The number of ketones is 1. The lowest BCUT2D eigenvalue weighted by molar-refractivity contribution is -0.124. The average Bonchev–Trinajstić information content (AvgIpc) is 1.99. The SMILES string of the molecule is C=CC(CC)(CC(=C)C)C(C)=O. The van der Waals surface area contributed by atoms with Gasteiger partial charge in [-0.05, 0) is 26.7 Å². The van der Waals surface area contributed by atoms with Crippen molar-refractivity contribution in [3.8, 4) is 0 Å². The summed E-state index contributed by atoms with van der Waals surface area (Å²) in [6.07, 6.45) is 3.28. The van der Waals surface area contributed by atoms with Crippen molar-refractivity contribution in [2.24, 2.45) is 5.41 Å². The van der Waals surface area contributed by atoms with Crippen LogP contribution in [0.1, 0.15) is 33.6 Å². The van der Waals surface area contributed by atoms with Gasteiger partial charge < -0.3 is 0 Å². The summed E-state index contributed by atoms with van der Waals surface area (Å²) in [5.41, 5.74) is 0.665. The van der Waals surface area contributed by atoms with E-state index in [0.29, 0.717) is 0 Å². The fraction of sp³-hybridized carbons (Fsp3) is 0.545. The van der Waals surface area contributed by atoms with Crippen LogP contribution in [0.4, 0.5) is 0 Å². The molecule has 1 atom stereocenters. The number of rotatable bonds is 5. The molecule has 0 amide bonds. The highest BCUT2D eigenvalue weighted by Crippen LogP contribution is 2.31. The van der Waals surface area contributed by atoms with Crippen LogP contribution in [0, 0.1) is 5.41 Å². The number of carbonyl (C=O) groups excluding carboxylic acids is 1. The van der Waals surface area contributed by atoms with Crippen molar-refractivity contribution in [1.29, 1.82) is 0 Å². The topological polar surface area (TPSA) is 17.1 Å². The van der Waals surface area contributed by atoms with Crippen molar-refractivity contribution in [3.05, 3.63) is 24.8 Å². The van der Waals surface area contributed by atoms with Gasteiger partial charge in [-0.25, -0.2) is 0 Å². The number of carbonyl (C=O) groups is 1. The van der Waals surface area contributed by atoms with E-state index in [4.69, 9.17) is 0 Å². The first-order valence-electron chi connectivity index (χ1n) is 4.27. The van der Waals surface area contributed by atoms with Crippen LogP contribution in [0.2, 0.25) is 0 Å². The third-order valence-corrected chi connectivity index (χ3v) is 2.34. The molecule has 1 nitrogen and oxygen atoms in total. The molecule has 0 saturated carbocycles. The van der Waals surface area contributed by atoms with E-state index in [1.54, 1.807) is 13.0 Å². The number of Topliss-reactive ketones (excluding diaryl/α,β-unsaturated/α-hetero) is 1. The molecule has 0 spiro atoms. The Morgan fingerprint density at radius 2 is 2.00 bits per heavy atom. The van der Waals surface area contributed by atoms with Crippen molar-refractivity contribution >= 4 is 5.78 Å². The molecule has 0 aliphatic heterocycles. The zero-order chi connectivity index (χ0) is 9.78. The van der Waals surface area contributed by atoms with E-state index < -0.39 is 0 Å². The fourth-order valence-corrected chi connectivity index (χ4v) is 1.40.